The van der Waals surface area contributed by atoms with Crippen LogP contribution >= 0.6 is 0 Å². The molecule has 1 aromatic rings. The van der Waals surface area contributed by atoms with E-state index >= 15 is 0 Å². The van der Waals surface area contributed by atoms with Gasteiger partial charge in [0.25, 0.3) is 0 Å². The van der Waals surface area contributed by atoms with Crippen molar-refractivity contribution in [3.63, 3.8) is 0 Å². The summed E-state index contributed by atoms with van der Waals surface area (Å²) in [6.45, 7) is 0.923. The van der Waals surface area contributed by atoms with Gasteiger partial charge in [0.1, 0.15) is 30.5 Å². The summed E-state index contributed by atoms with van der Waals surface area (Å²) in [5.74, 6) is -0.342. The fourth-order valence-corrected chi connectivity index (χ4v) is 4.55. The second-order valence-corrected chi connectivity index (χ2v) is 8.17. The number of aliphatic hydroxyl groups is 2. The molecule has 8 atom stereocenters. The summed E-state index contributed by atoms with van der Waals surface area (Å²) in [4.78, 5) is 11.5. The molecule has 0 amide bonds. The number of carbonyl (C=O) groups excluding carboxylic acids is 1. The molecule has 3 fully saturated rings. The first kappa shape index (κ1) is 21.7. The number of methoxy groups -OCH3 is 1. The van der Waals surface area contributed by atoms with E-state index in [1.54, 1.807) is 0 Å². The molecule has 0 radical (unpaired) electrons. The molecule has 0 aromatic heterocycles. The zero-order valence-electron chi connectivity index (χ0n) is 17.1. The minimum absolute atomic E-state index is 0.144. The first-order chi connectivity index (χ1) is 14.6. The summed E-state index contributed by atoms with van der Waals surface area (Å²) in [5, 5.41) is 21.5. The molecular weight excluding hydrogens is 392 g/mol. The quantitative estimate of drug-likeness (QED) is 0.495. The topological polar surface area (TPSA) is 104 Å². The van der Waals surface area contributed by atoms with E-state index in [4.69, 9.17) is 23.7 Å². The summed E-state index contributed by atoms with van der Waals surface area (Å²) in [7, 11) is 1.34. The van der Waals surface area contributed by atoms with Crippen molar-refractivity contribution in [2.45, 2.75) is 81.1 Å². The second kappa shape index (κ2) is 9.72. The second-order valence-electron chi connectivity index (χ2n) is 8.17. The van der Waals surface area contributed by atoms with Crippen LogP contribution in [0.3, 0.4) is 0 Å². The molecule has 1 aromatic carbocycles. The summed E-state index contributed by atoms with van der Waals surface area (Å²) >= 11 is 0. The number of hydrogen-bond acceptors (Lipinski definition) is 8. The third-order valence-electron chi connectivity index (χ3n) is 6.15. The summed E-state index contributed by atoms with van der Waals surface area (Å²) in [5.41, 5.74) is 1.08. The molecule has 30 heavy (non-hydrogen) atoms. The highest BCUT2D eigenvalue weighted by Crippen LogP contribution is 2.39. The van der Waals surface area contributed by atoms with E-state index in [2.05, 4.69) is 0 Å². The highest BCUT2D eigenvalue weighted by atomic mass is 16.6. The lowest BCUT2D eigenvalue weighted by Crippen LogP contribution is -2.61. The van der Waals surface area contributed by atoms with E-state index in [0.717, 1.165) is 5.56 Å². The fraction of sp³-hybridized carbons (Fsp3) is 0.682. The average molecular weight is 422 g/mol. The largest absolute Gasteiger partial charge is 0.469 e. The number of esters is 1. The lowest BCUT2D eigenvalue weighted by atomic mass is 9.88. The van der Waals surface area contributed by atoms with Crippen LogP contribution < -0.4 is 0 Å². The molecule has 0 saturated carbocycles. The Hall–Kier alpha value is -1.55. The van der Waals surface area contributed by atoms with Crippen molar-refractivity contribution < 1.29 is 38.7 Å². The van der Waals surface area contributed by atoms with Crippen molar-refractivity contribution >= 4 is 5.97 Å². The van der Waals surface area contributed by atoms with Gasteiger partial charge in [0.2, 0.25) is 0 Å². The van der Waals surface area contributed by atoms with Gasteiger partial charge in [-0.05, 0) is 24.8 Å². The zero-order chi connectivity index (χ0) is 21.1. The molecule has 3 aliphatic heterocycles. The average Bonchev–Trinajstić information content (AvgIpc) is 3.08. The van der Waals surface area contributed by atoms with E-state index < -0.39 is 36.6 Å². The van der Waals surface area contributed by atoms with Crippen molar-refractivity contribution in [1.82, 2.24) is 0 Å². The van der Waals surface area contributed by atoms with Crippen molar-refractivity contribution in [2.75, 3.05) is 13.7 Å². The number of rotatable bonds is 7. The third kappa shape index (κ3) is 4.69. The van der Waals surface area contributed by atoms with Gasteiger partial charge in [0.05, 0.1) is 38.4 Å². The lowest BCUT2D eigenvalue weighted by molar-refractivity contribution is -0.259. The molecule has 2 N–H and O–H groups in total. The molecule has 4 rings (SSSR count). The third-order valence-corrected chi connectivity index (χ3v) is 6.15. The van der Waals surface area contributed by atoms with Gasteiger partial charge in [0.15, 0.2) is 0 Å². The van der Waals surface area contributed by atoms with Crippen LogP contribution in [0.2, 0.25) is 0 Å². The van der Waals surface area contributed by atoms with Gasteiger partial charge in [0, 0.05) is 6.61 Å². The first-order valence-corrected chi connectivity index (χ1v) is 10.6. The van der Waals surface area contributed by atoms with Gasteiger partial charge in [-0.15, -0.1) is 0 Å². The Morgan fingerprint density at radius 1 is 1.03 bits per heavy atom. The Bertz CT molecular complexity index is 698. The van der Waals surface area contributed by atoms with Crippen LogP contribution in [0.25, 0.3) is 0 Å². The van der Waals surface area contributed by atoms with Gasteiger partial charge >= 0.3 is 5.97 Å². The number of hydrogen-bond donors (Lipinski definition) is 2. The monoisotopic (exact) mass is 422 g/mol. The highest BCUT2D eigenvalue weighted by molar-refractivity contribution is 5.69. The van der Waals surface area contributed by atoms with Crippen molar-refractivity contribution in [3.8, 4) is 0 Å². The van der Waals surface area contributed by atoms with E-state index in [9.17, 15) is 15.0 Å². The van der Waals surface area contributed by atoms with Crippen LogP contribution in [0.5, 0.6) is 0 Å². The van der Waals surface area contributed by atoms with Gasteiger partial charge in [-0.25, -0.2) is 0 Å². The van der Waals surface area contributed by atoms with Gasteiger partial charge in [-0.1, -0.05) is 30.3 Å². The van der Waals surface area contributed by atoms with E-state index in [-0.39, 0.29) is 24.6 Å². The molecule has 0 bridgehead atoms. The molecule has 3 heterocycles. The molecule has 166 valence electrons. The van der Waals surface area contributed by atoms with Crippen molar-refractivity contribution in [3.05, 3.63) is 35.9 Å². The van der Waals surface area contributed by atoms with Crippen LogP contribution in [-0.4, -0.2) is 78.7 Å². The number of ether oxygens (including phenoxy) is 5. The number of benzene rings is 1. The normalized spacial score (nSPS) is 38.0. The van der Waals surface area contributed by atoms with Crippen LogP contribution in [0.1, 0.15) is 31.2 Å². The van der Waals surface area contributed by atoms with E-state index in [0.29, 0.717) is 32.5 Å². The fourth-order valence-electron chi connectivity index (χ4n) is 4.55. The Kier molecular flexibility index (Phi) is 7.02. The Morgan fingerprint density at radius 3 is 2.57 bits per heavy atom. The maximum atomic E-state index is 11.5. The molecule has 0 aliphatic carbocycles. The van der Waals surface area contributed by atoms with Crippen LogP contribution in [-0.2, 0) is 35.1 Å². The molecule has 1 unspecified atom stereocenters. The first-order valence-electron chi connectivity index (χ1n) is 10.6. The van der Waals surface area contributed by atoms with Crippen LogP contribution in [0.4, 0.5) is 0 Å². The predicted molar refractivity (Wildman–Crippen MR) is 105 cm³/mol. The summed E-state index contributed by atoms with van der Waals surface area (Å²) in [6.07, 6.45) is -2.83. The molecule has 3 aliphatic rings. The Labute approximate surface area is 176 Å². The van der Waals surface area contributed by atoms with Gasteiger partial charge < -0.3 is 33.9 Å². The molecular formula is C22H30O8. The molecule has 3 saturated heterocycles. The highest BCUT2D eigenvalue weighted by Gasteiger charge is 2.56. The van der Waals surface area contributed by atoms with Crippen molar-refractivity contribution in [2.24, 2.45) is 0 Å². The van der Waals surface area contributed by atoms with E-state index in [1.165, 1.54) is 7.11 Å². The lowest BCUT2D eigenvalue weighted by Gasteiger charge is -2.46. The van der Waals surface area contributed by atoms with Crippen molar-refractivity contribution in [1.29, 1.82) is 0 Å². The number of fused-ring (bicyclic) bond motifs is 2. The molecule has 0 spiro atoms. The standard InChI is InChI=1S/C22H30O8/c1-26-17(23)11-14-7-8-16-20(28-14)19(25)22-21(30-16)18(24)15(29-22)9-10-27-12-13-5-3-2-4-6-13/h2-6,14-16,18-22,24-25H,7-12H2,1H3/t14-,15?,16+,18-,19+,20+,21+,22+/m1/s1. The van der Waals surface area contributed by atoms with Gasteiger partial charge in [-0.3, -0.25) is 4.79 Å². The minimum atomic E-state index is -0.931. The number of aliphatic hydroxyl groups excluding tert-OH is 2. The van der Waals surface area contributed by atoms with Crippen LogP contribution in [0.15, 0.2) is 30.3 Å². The Morgan fingerprint density at radius 2 is 1.80 bits per heavy atom. The summed E-state index contributed by atoms with van der Waals surface area (Å²) < 4.78 is 28.4. The predicted octanol–water partition coefficient (Wildman–Crippen LogP) is 0.961. The molecule has 8 nitrogen and oxygen atoms in total. The smallest absolute Gasteiger partial charge is 0.308 e. The Balaban J connectivity index is 1.29. The van der Waals surface area contributed by atoms with Crippen LogP contribution in [0, 0.1) is 0 Å². The van der Waals surface area contributed by atoms with E-state index in [1.807, 2.05) is 30.3 Å². The number of carbonyl (C=O) groups is 1. The minimum Gasteiger partial charge on any atom is -0.469 e. The zero-order valence-corrected chi connectivity index (χ0v) is 17.1. The molecule has 8 heteroatoms. The maximum absolute atomic E-state index is 11.5. The van der Waals surface area contributed by atoms with Gasteiger partial charge in [-0.2, -0.15) is 0 Å². The maximum Gasteiger partial charge on any atom is 0.308 e. The summed E-state index contributed by atoms with van der Waals surface area (Å²) in [6, 6.07) is 9.87. The SMILES string of the molecule is COC(=O)C[C@H]1CC[C@@H]2O[C@@H]3[C@@H](OC(CCOCc4ccccc4)[C@H]3O)[C@@H](O)[C@H]2O1.